The van der Waals surface area contributed by atoms with E-state index in [0.717, 1.165) is 12.1 Å². The molecule has 110 valence electrons. The summed E-state index contributed by atoms with van der Waals surface area (Å²) in [6, 6.07) is 9.55. The van der Waals surface area contributed by atoms with Crippen LogP contribution in [0.2, 0.25) is 0 Å². The molecule has 2 aromatic carbocycles. The molecule has 2 N–H and O–H groups in total. The van der Waals surface area contributed by atoms with Crippen LogP contribution in [0.1, 0.15) is 15.9 Å². The van der Waals surface area contributed by atoms with Crippen LogP contribution in [-0.2, 0) is 0 Å². The molecule has 0 amide bonds. The van der Waals surface area contributed by atoms with Gasteiger partial charge >= 0.3 is 6.36 Å². The molecule has 0 saturated carbocycles. The first-order valence-electron chi connectivity index (χ1n) is 5.72. The summed E-state index contributed by atoms with van der Waals surface area (Å²) in [7, 11) is 0. The number of benzene rings is 2. The number of carbonyl (C=O) groups excluding carboxylic acids is 1. The number of anilines is 1. The van der Waals surface area contributed by atoms with E-state index in [2.05, 4.69) is 20.7 Å². The van der Waals surface area contributed by atoms with E-state index in [4.69, 9.17) is 5.73 Å². The van der Waals surface area contributed by atoms with Gasteiger partial charge in [0.15, 0.2) is 5.78 Å². The first-order valence-corrected chi connectivity index (χ1v) is 6.51. The normalized spacial score (nSPS) is 11.2. The quantitative estimate of drug-likeness (QED) is 0.661. The number of ether oxygens (including phenoxy) is 1. The smallest absolute Gasteiger partial charge is 0.406 e. The van der Waals surface area contributed by atoms with Crippen molar-refractivity contribution < 1.29 is 22.7 Å². The predicted octanol–water partition coefficient (Wildman–Crippen LogP) is 4.16. The van der Waals surface area contributed by atoms with Crippen molar-refractivity contribution in [3.8, 4) is 5.75 Å². The highest BCUT2D eigenvalue weighted by Gasteiger charge is 2.31. The number of rotatable bonds is 3. The molecule has 0 spiro atoms. The molecule has 0 unspecified atom stereocenters. The number of hydrogen-bond donors (Lipinski definition) is 1. The summed E-state index contributed by atoms with van der Waals surface area (Å²) in [5.74, 6) is -0.941. The van der Waals surface area contributed by atoms with Gasteiger partial charge in [0.2, 0.25) is 0 Å². The van der Waals surface area contributed by atoms with E-state index in [1.165, 1.54) is 24.3 Å². The Morgan fingerprint density at radius 1 is 1.14 bits per heavy atom. The van der Waals surface area contributed by atoms with Gasteiger partial charge in [0.25, 0.3) is 0 Å². The van der Waals surface area contributed by atoms with Gasteiger partial charge < -0.3 is 10.5 Å². The second-order valence-electron chi connectivity index (χ2n) is 4.14. The highest BCUT2D eigenvalue weighted by atomic mass is 79.9. The third-order valence-corrected chi connectivity index (χ3v) is 3.08. The van der Waals surface area contributed by atoms with Crippen LogP contribution < -0.4 is 10.5 Å². The number of carbonyl (C=O) groups is 1. The van der Waals surface area contributed by atoms with E-state index in [1.807, 2.05) is 0 Å². The average Bonchev–Trinajstić information content (AvgIpc) is 2.39. The standard InChI is InChI=1S/C14H9BrF3NO2/c15-9-4-5-12(19)11(7-9)13(20)8-2-1-3-10(6-8)21-14(16,17)18/h1-7H,19H2. The number of nitrogen functional groups attached to an aromatic ring is 1. The zero-order chi connectivity index (χ0) is 15.6. The fourth-order valence-electron chi connectivity index (χ4n) is 1.72. The molecular formula is C14H9BrF3NO2. The molecule has 0 saturated heterocycles. The lowest BCUT2D eigenvalue weighted by atomic mass is 10.0. The molecule has 0 aliphatic rings. The maximum atomic E-state index is 12.3. The summed E-state index contributed by atoms with van der Waals surface area (Å²) < 4.78 is 41.0. The minimum absolute atomic E-state index is 0.0570. The van der Waals surface area contributed by atoms with Gasteiger partial charge in [-0.1, -0.05) is 28.1 Å². The molecule has 2 rings (SSSR count). The van der Waals surface area contributed by atoms with Crippen LogP contribution in [0, 0.1) is 0 Å². The van der Waals surface area contributed by atoms with Crippen LogP contribution in [0.5, 0.6) is 5.75 Å². The molecule has 0 heterocycles. The van der Waals surface area contributed by atoms with Crippen molar-refractivity contribution in [1.82, 2.24) is 0 Å². The zero-order valence-electron chi connectivity index (χ0n) is 10.4. The van der Waals surface area contributed by atoms with Crippen molar-refractivity contribution in [1.29, 1.82) is 0 Å². The third-order valence-electron chi connectivity index (χ3n) is 2.59. The van der Waals surface area contributed by atoms with Gasteiger partial charge in [0.1, 0.15) is 5.75 Å². The molecule has 0 atom stereocenters. The van der Waals surface area contributed by atoms with Crippen LogP contribution in [0.3, 0.4) is 0 Å². The molecular weight excluding hydrogens is 351 g/mol. The summed E-state index contributed by atoms with van der Waals surface area (Å²) in [5.41, 5.74) is 6.21. The largest absolute Gasteiger partial charge is 0.573 e. The van der Waals surface area contributed by atoms with Crippen LogP contribution in [0.4, 0.5) is 18.9 Å². The van der Waals surface area contributed by atoms with Crippen molar-refractivity contribution in [3.05, 3.63) is 58.1 Å². The molecule has 0 bridgehead atoms. The van der Waals surface area contributed by atoms with E-state index in [9.17, 15) is 18.0 Å². The van der Waals surface area contributed by atoms with Gasteiger partial charge in [-0.25, -0.2) is 0 Å². The molecule has 7 heteroatoms. The fraction of sp³-hybridized carbons (Fsp3) is 0.0714. The van der Waals surface area contributed by atoms with Crippen LogP contribution in [-0.4, -0.2) is 12.1 Å². The van der Waals surface area contributed by atoms with Crippen LogP contribution in [0.15, 0.2) is 46.9 Å². The summed E-state index contributed by atoms with van der Waals surface area (Å²) in [6.45, 7) is 0. The van der Waals surface area contributed by atoms with Crippen molar-refractivity contribution in [2.24, 2.45) is 0 Å². The van der Waals surface area contributed by atoms with Gasteiger partial charge in [-0.15, -0.1) is 13.2 Å². The van der Waals surface area contributed by atoms with Crippen molar-refractivity contribution in [3.63, 3.8) is 0 Å². The molecule has 0 aromatic heterocycles. The number of halogens is 4. The SMILES string of the molecule is Nc1ccc(Br)cc1C(=O)c1cccc(OC(F)(F)F)c1. The average molecular weight is 360 g/mol. The maximum absolute atomic E-state index is 12.3. The third kappa shape index (κ3) is 3.98. The Balaban J connectivity index is 2.35. The summed E-state index contributed by atoms with van der Waals surface area (Å²) in [5, 5.41) is 0. The Morgan fingerprint density at radius 2 is 1.86 bits per heavy atom. The molecule has 3 nitrogen and oxygen atoms in total. The lowest BCUT2D eigenvalue weighted by Crippen LogP contribution is -2.17. The van der Waals surface area contributed by atoms with Gasteiger partial charge in [0, 0.05) is 21.3 Å². The fourth-order valence-corrected chi connectivity index (χ4v) is 2.08. The van der Waals surface area contributed by atoms with Crippen LogP contribution in [0.25, 0.3) is 0 Å². The Kier molecular flexibility index (Phi) is 4.22. The molecule has 2 aromatic rings. The highest BCUT2D eigenvalue weighted by molar-refractivity contribution is 9.10. The maximum Gasteiger partial charge on any atom is 0.573 e. The highest BCUT2D eigenvalue weighted by Crippen LogP contribution is 2.26. The lowest BCUT2D eigenvalue weighted by molar-refractivity contribution is -0.274. The van der Waals surface area contributed by atoms with E-state index in [-0.39, 0.29) is 16.8 Å². The number of hydrogen-bond acceptors (Lipinski definition) is 3. The molecule has 0 aliphatic heterocycles. The molecule has 0 radical (unpaired) electrons. The first-order chi connectivity index (χ1) is 9.76. The topological polar surface area (TPSA) is 52.3 Å². The minimum atomic E-state index is -4.81. The molecule has 21 heavy (non-hydrogen) atoms. The van der Waals surface area contributed by atoms with Gasteiger partial charge in [-0.2, -0.15) is 0 Å². The van der Waals surface area contributed by atoms with Crippen molar-refractivity contribution in [2.75, 3.05) is 5.73 Å². The number of alkyl halides is 3. The predicted molar refractivity (Wildman–Crippen MR) is 75.1 cm³/mol. The van der Waals surface area contributed by atoms with Crippen LogP contribution >= 0.6 is 15.9 Å². The monoisotopic (exact) mass is 359 g/mol. The first kappa shape index (κ1) is 15.4. The molecule has 0 aliphatic carbocycles. The summed E-state index contributed by atoms with van der Waals surface area (Å²) in [6.07, 6.45) is -4.81. The lowest BCUT2D eigenvalue weighted by Gasteiger charge is -2.10. The Bertz CT molecular complexity index is 686. The Morgan fingerprint density at radius 3 is 2.52 bits per heavy atom. The van der Waals surface area contributed by atoms with Gasteiger partial charge in [-0.3, -0.25) is 4.79 Å². The van der Waals surface area contributed by atoms with Crippen molar-refractivity contribution in [2.45, 2.75) is 6.36 Å². The number of ketones is 1. The van der Waals surface area contributed by atoms with Gasteiger partial charge in [-0.05, 0) is 30.3 Å². The van der Waals surface area contributed by atoms with E-state index in [0.29, 0.717) is 4.47 Å². The van der Waals surface area contributed by atoms with Gasteiger partial charge in [0.05, 0.1) is 0 Å². The number of nitrogens with two attached hydrogens (primary N) is 1. The van der Waals surface area contributed by atoms with E-state index < -0.39 is 17.9 Å². The zero-order valence-corrected chi connectivity index (χ0v) is 12.0. The van der Waals surface area contributed by atoms with Crippen molar-refractivity contribution >= 4 is 27.4 Å². The summed E-state index contributed by atoms with van der Waals surface area (Å²) in [4.78, 5) is 12.3. The summed E-state index contributed by atoms with van der Waals surface area (Å²) >= 11 is 3.21. The van der Waals surface area contributed by atoms with E-state index >= 15 is 0 Å². The second kappa shape index (κ2) is 5.77. The Hall–Kier alpha value is -2.02. The Labute approximate surface area is 126 Å². The minimum Gasteiger partial charge on any atom is -0.406 e. The molecule has 0 fully saturated rings. The second-order valence-corrected chi connectivity index (χ2v) is 5.05. The van der Waals surface area contributed by atoms with E-state index in [1.54, 1.807) is 6.07 Å².